The van der Waals surface area contributed by atoms with Crippen LogP contribution in [0.2, 0.25) is 0 Å². The van der Waals surface area contributed by atoms with Gasteiger partial charge < -0.3 is 10.0 Å². The van der Waals surface area contributed by atoms with Crippen molar-refractivity contribution in [2.24, 2.45) is 0 Å². The molecule has 1 rings (SSSR count). The zero-order valence-electron chi connectivity index (χ0n) is 10.0. The second kappa shape index (κ2) is 5.72. The minimum absolute atomic E-state index is 0.164. The molecule has 5 nitrogen and oxygen atoms in total. The fourth-order valence-electron chi connectivity index (χ4n) is 1.67. The number of alkyl halides is 2. The number of aliphatic hydroxyl groups excluding tert-OH is 1. The fraction of sp³-hybridized carbons (Fsp3) is 0.455. The zero-order chi connectivity index (χ0) is 13.9. The van der Waals surface area contributed by atoms with Gasteiger partial charge in [0.2, 0.25) is 0 Å². The molecule has 1 unspecified atom stereocenters. The number of nitro benzene ring substituents is 1. The highest BCUT2D eigenvalue weighted by Crippen LogP contribution is 2.32. The normalized spacial score (nSPS) is 12.6. The molecule has 0 fully saturated rings. The molecule has 0 aliphatic heterocycles. The number of rotatable bonds is 5. The van der Waals surface area contributed by atoms with Crippen molar-refractivity contribution in [3.8, 4) is 0 Å². The fourth-order valence-corrected chi connectivity index (χ4v) is 1.67. The van der Waals surface area contributed by atoms with Crippen molar-refractivity contribution in [1.29, 1.82) is 0 Å². The van der Waals surface area contributed by atoms with Crippen LogP contribution in [0.15, 0.2) is 18.2 Å². The maximum absolute atomic E-state index is 12.9. The number of aliphatic hydroxyl groups is 1. The molecule has 1 N–H and O–H groups in total. The Kier molecular flexibility index (Phi) is 4.55. The zero-order valence-corrected chi connectivity index (χ0v) is 10.0. The molecule has 1 aromatic carbocycles. The number of nitrogens with zero attached hydrogens (tertiary/aromatic N) is 2. The molecule has 1 atom stereocenters. The summed E-state index contributed by atoms with van der Waals surface area (Å²) in [6.07, 6.45) is -3.49. The lowest BCUT2D eigenvalue weighted by atomic mass is 10.1. The largest absolute Gasteiger partial charge is 0.392 e. The van der Waals surface area contributed by atoms with E-state index < -0.39 is 23.0 Å². The summed E-state index contributed by atoms with van der Waals surface area (Å²) in [5.74, 6) is 0. The van der Waals surface area contributed by atoms with E-state index in [9.17, 15) is 24.0 Å². The summed E-state index contributed by atoms with van der Waals surface area (Å²) < 4.78 is 25.7. The maximum atomic E-state index is 12.9. The van der Waals surface area contributed by atoms with Gasteiger partial charge in [0.05, 0.1) is 11.0 Å². The Bertz CT molecular complexity index is 438. The molecule has 0 amide bonds. The summed E-state index contributed by atoms with van der Waals surface area (Å²) in [5.41, 5.74) is -0.608. The van der Waals surface area contributed by atoms with E-state index in [0.717, 1.165) is 6.07 Å². The molecule has 0 aliphatic carbocycles. The van der Waals surface area contributed by atoms with Gasteiger partial charge in [-0.2, -0.15) is 0 Å². The van der Waals surface area contributed by atoms with Crippen molar-refractivity contribution in [3.05, 3.63) is 33.9 Å². The van der Waals surface area contributed by atoms with Gasteiger partial charge in [0.15, 0.2) is 0 Å². The maximum Gasteiger partial charge on any atom is 0.270 e. The molecular weight excluding hydrogens is 246 g/mol. The lowest BCUT2D eigenvalue weighted by Crippen LogP contribution is -2.27. The van der Waals surface area contributed by atoms with E-state index in [1.54, 1.807) is 7.05 Å². The van der Waals surface area contributed by atoms with E-state index in [1.165, 1.54) is 24.0 Å². The van der Waals surface area contributed by atoms with E-state index in [4.69, 9.17) is 0 Å². The predicted octanol–water partition coefficient (Wildman–Crippen LogP) is 2.35. The van der Waals surface area contributed by atoms with Crippen LogP contribution >= 0.6 is 0 Å². The van der Waals surface area contributed by atoms with Gasteiger partial charge >= 0.3 is 0 Å². The van der Waals surface area contributed by atoms with Gasteiger partial charge in [-0.25, -0.2) is 8.78 Å². The van der Waals surface area contributed by atoms with Crippen molar-refractivity contribution < 1.29 is 18.8 Å². The second-order valence-corrected chi connectivity index (χ2v) is 4.03. The average molecular weight is 260 g/mol. The molecule has 0 spiro atoms. The summed E-state index contributed by atoms with van der Waals surface area (Å²) in [6.45, 7) is 1.70. The van der Waals surface area contributed by atoms with E-state index in [2.05, 4.69) is 0 Å². The van der Waals surface area contributed by atoms with Crippen LogP contribution in [0.25, 0.3) is 0 Å². The third-order valence-electron chi connectivity index (χ3n) is 2.41. The average Bonchev–Trinajstić information content (AvgIpc) is 2.26. The molecule has 0 aromatic heterocycles. The number of anilines is 1. The molecule has 100 valence electrons. The van der Waals surface area contributed by atoms with Gasteiger partial charge in [0, 0.05) is 37.0 Å². The topological polar surface area (TPSA) is 66.6 Å². The third kappa shape index (κ3) is 3.36. The van der Waals surface area contributed by atoms with Crippen LogP contribution < -0.4 is 4.90 Å². The highest BCUT2D eigenvalue weighted by molar-refractivity contribution is 5.58. The predicted molar refractivity (Wildman–Crippen MR) is 63.0 cm³/mol. The van der Waals surface area contributed by atoms with Crippen molar-refractivity contribution in [2.75, 3.05) is 18.5 Å². The Morgan fingerprint density at radius 1 is 1.50 bits per heavy atom. The standard InChI is InChI=1S/C11H14F2N2O3/c1-7(16)6-14(2)10-4-3-8(15(17)18)5-9(10)11(12)13/h3-5,7,11,16H,6H2,1-2H3. The Morgan fingerprint density at radius 3 is 2.56 bits per heavy atom. The van der Waals surface area contributed by atoms with Crippen LogP contribution in [0.1, 0.15) is 18.9 Å². The first-order valence-corrected chi connectivity index (χ1v) is 5.28. The van der Waals surface area contributed by atoms with Crippen molar-refractivity contribution in [3.63, 3.8) is 0 Å². The van der Waals surface area contributed by atoms with Gasteiger partial charge in [-0.3, -0.25) is 10.1 Å². The lowest BCUT2D eigenvalue weighted by molar-refractivity contribution is -0.385. The molecule has 0 aliphatic rings. The molecule has 0 heterocycles. The van der Waals surface area contributed by atoms with E-state index >= 15 is 0 Å². The Labute approximate surface area is 103 Å². The number of halogens is 2. The first kappa shape index (κ1) is 14.3. The molecule has 7 heteroatoms. The lowest BCUT2D eigenvalue weighted by Gasteiger charge is -2.23. The number of nitro groups is 1. The molecular formula is C11H14F2N2O3. The number of non-ortho nitro benzene ring substituents is 1. The number of hydrogen-bond acceptors (Lipinski definition) is 4. The third-order valence-corrected chi connectivity index (χ3v) is 2.41. The van der Waals surface area contributed by atoms with Gasteiger partial charge in [0.1, 0.15) is 0 Å². The molecule has 0 radical (unpaired) electrons. The van der Waals surface area contributed by atoms with E-state index in [1.807, 2.05) is 0 Å². The first-order valence-electron chi connectivity index (χ1n) is 5.28. The monoisotopic (exact) mass is 260 g/mol. The van der Waals surface area contributed by atoms with Crippen LogP contribution in [-0.4, -0.2) is 29.7 Å². The highest BCUT2D eigenvalue weighted by atomic mass is 19.3. The smallest absolute Gasteiger partial charge is 0.270 e. The Balaban J connectivity index is 3.15. The summed E-state index contributed by atoms with van der Waals surface area (Å²) in [4.78, 5) is 11.3. The van der Waals surface area contributed by atoms with Crippen LogP contribution in [0, 0.1) is 10.1 Å². The van der Waals surface area contributed by atoms with Gasteiger partial charge in [0.25, 0.3) is 12.1 Å². The van der Waals surface area contributed by atoms with E-state index in [-0.39, 0.29) is 17.9 Å². The first-order chi connectivity index (χ1) is 8.32. The SMILES string of the molecule is CC(O)CN(C)c1ccc([N+](=O)[O-])cc1C(F)F. The van der Waals surface area contributed by atoms with Crippen molar-refractivity contribution >= 4 is 11.4 Å². The minimum atomic E-state index is -2.81. The summed E-state index contributed by atoms with van der Waals surface area (Å²) >= 11 is 0. The summed E-state index contributed by atoms with van der Waals surface area (Å²) in [7, 11) is 1.54. The highest BCUT2D eigenvalue weighted by Gasteiger charge is 2.20. The second-order valence-electron chi connectivity index (χ2n) is 4.03. The summed E-state index contributed by atoms with van der Waals surface area (Å²) in [5, 5.41) is 19.8. The molecule has 1 aromatic rings. The van der Waals surface area contributed by atoms with Crippen molar-refractivity contribution in [1.82, 2.24) is 0 Å². The van der Waals surface area contributed by atoms with Crippen LogP contribution in [0.3, 0.4) is 0 Å². The molecule has 0 saturated heterocycles. The Hall–Kier alpha value is -1.76. The number of hydrogen-bond donors (Lipinski definition) is 1. The van der Waals surface area contributed by atoms with Crippen molar-refractivity contribution in [2.45, 2.75) is 19.5 Å². The number of likely N-dealkylation sites (N-methyl/N-ethyl adjacent to an activating group) is 1. The van der Waals surface area contributed by atoms with Crippen LogP contribution in [0.4, 0.5) is 20.2 Å². The quantitative estimate of drug-likeness (QED) is 0.652. The Morgan fingerprint density at radius 2 is 2.11 bits per heavy atom. The molecule has 0 bridgehead atoms. The van der Waals surface area contributed by atoms with Gasteiger partial charge in [-0.15, -0.1) is 0 Å². The van der Waals surface area contributed by atoms with Gasteiger partial charge in [-0.05, 0) is 13.0 Å². The van der Waals surface area contributed by atoms with Crippen LogP contribution in [-0.2, 0) is 0 Å². The van der Waals surface area contributed by atoms with E-state index in [0.29, 0.717) is 0 Å². The molecule has 18 heavy (non-hydrogen) atoms. The summed E-state index contributed by atoms with van der Waals surface area (Å²) in [6, 6.07) is 3.29. The minimum Gasteiger partial charge on any atom is -0.392 e. The van der Waals surface area contributed by atoms with Crippen LogP contribution in [0.5, 0.6) is 0 Å². The number of benzene rings is 1. The van der Waals surface area contributed by atoms with Gasteiger partial charge in [-0.1, -0.05) is 0 Å². The molecule has 0 saturated carbocycles.